The highest BCUT2D eigenvalue weighted by Gasteiger charge is 2.26. The maximum Gasteiger partial charge on any atom is 0.253 e. The summed E-state index contributed by atoms with van der Waals surface area (Å²) in [5.74, 6) is 0.923. The Morgan fingerprint density at radius 2 is 1.92 bits per heavy atom. The van der Waals surface area contributed by atoms with E-state index < -0.39 is 0 Å². The molecule has 1 amide bonds. The number of likely N-dealkylation sites (N-methyl/N-ethyl adjacent to an activating group) is 2. The summed E-state index contributed by atoms with van der Waals surface area (Å²) in [7, 11) is 1.84. The Balaban J connectivity index is 1.70. The maximum absolute atomic E-state index is 12.6. The molecule has 0 unspecified atom stereocenters. The van der Waals surface area contributed by atoms with E-state index in [4.69, 9.17) is 4.74 Å². The first-order valence-electron chi connectivity index (χ1n) is 8.41. The number of fused-ring (bicyclic) bond motifs is 1. The van der Waals surface area contributed by atoms with Crippen molar-refractivity contribution in [1.82, 2.24) is 4.90 Å². The van der Waals surface area contributed by atoms with Gasteiger partial charge >= 0.3 is 0 Å². The summed E-state index contributed by atoms with van der Waals surface area (Å²) in [6, 6.07) is 15.8. The molecule has 126 valence electrons. The molecule has 2 aromatic rings. The quantitative estimate of drug-likeness (QED) is 0.864. The Labute approximate surface area is 143 Å². The summed E-state index contributed by atoms with van der Waals surface area (Å²) in [5.41, 5.74) is 3.00. The molecule has 1 heterocycles. The number of rotatable bonds is 4. The van der Waals surface area contributed by atoms with Gasteiger partial charge in [0.25, 0.3) is 5.91 Å². The second-order valence-electron chi connectivity index (χ2n) is 6.30. The van der Waals surface area contributed by atoms with Crippen LogP contribution in [0, 0.1) is 6.92 Å². The van der Waals surface area contributed by atoms with Crippen molar-refractivity contribution in [2.45, 2.75) is 20.0 Å². The minimum atomic E-state index is -0.0285. The predicted octanol–water partition coefficient (Wildman–Crippen LogP) is 3.35. The molecule has 0 bridgehead atoms. The van der Waals surface area contributed by atoms with Gasteiger partial charge in [-0.05, 0) is 38.1 Å². The third kappa shape index (κ3) is 3.37. The zero-order valence-corrected chi connectivity index (χ0v) is 14.5. The van der Waals surface area contributed by atoms with Crippen molar-refractivity contribution in [3.8, 4) is 5.75 Å². The molecule has 0 saturated carbocycles. The van der Waals surface area contributed by atoms with Crippen LogP contribution in [0.4, 0.5) is 5.69 Å². The highest BCUT2D eigenvalue weighted by molar-refractivity contribution is 5.94. The minimum Gasteiger partial charge on any atom is -0.485 e. The van der Waals surface area contributed by atoms with Gasteiger partial charge in [-0.1, -0.05) is 29.8 Å². The average Bonchev–Trinajstić information content (AvgIpc) is 2.61. The van der Waals surface area contributed by atoms with Crippen LogP contribution in [0.15, 0.2) is 48.5 Å². The Bertz CT molecular complexity index is 712. The molecular formula is C20H24N2O2. The largest absolute Gasteiger partial charge is 0.485 e. The van der Waals surface area contributed by atoms with Gasteiger partial charge < -0.3 is 14.5 Å². The summed E-state index contributed by atoms with van der Waals surface area (Å²) >= 11 is 0. The smallest absolute Gasteiger partial charge is 0.253 e. The number of carbonyl (C=O) groups excluding carboxylic acids is 1. The minimum absolute atomic E-state index is 0.0282. The van der Waals surface area contributed by atoms with Gasteiger partial charge in [0.2, 0.25) is 0 Å². The fourth-order valence-corrected chi connectivity index (χ4v) is 3.08. The number of hydrogen-bond acceptors (Lipinski definition) is 3. The number of amides is 1. The fraction of sp³-hybridized carbons (Fsp3) is 0.350. The summed E-state index contributed by atoms with van der Waals surface area (Å²) in [6.07, 6.45) is -0.0285. The molecule has 0 radical (unpaired) electrons. The Hall–Kier alpha value is -2.49. The molecule has 0 aliphatic carbocycles. The molecular weight excluding hydrogens is 300 g/mol. The molecule has 0 saturated heterocycles. The van der Waals surface area contributed by atoms with Crippen LogP contribution in [-0.2, 0) is 0 Å². The van der Waals surface area contributed by atoms with E-state index >= 15 is 0 Å². The number of anilines is 1. The van der Waals surface area contributed by atoms with E-state index in [0.29, 0.717) is 12.1 Å². The molecule has 0 spiro atoms. The lowest BCUT2D eigenvalue weighted by Gasteiger charge is -2.37. The van der Waals surface area contributed by atoms with Crippen LogP contribution in [0.1, 0.15) is 22.8 Å². The van der Waals surface area contributed by atoms with Gasteiger partial charge in [0.1, 0.15) is 11.9 Å². The van der Waals surface area contributed by atoms with E-state index in [9.17, 15) is 4.79 Å². The Kier molecular flexibility index (Phi) is 4.74. The standard InChI is InChI=1S/C20H24N2O2/c1-4-22-14-17(24-19-8-6-5-7-18(19)22)13-21(3)20(23)16-11-9-15(2)10-12-16/h5-12,17H,4,13-14H2,1-3H3/t17-/m0/s1. The molecule has 24 heavy (non-hydrogen) atoms. The Morgan fingerprint density at radius 3 is 2.62 bits per heavy atom. The molecule has 3 rings (SSSR count). The van der Waals surface area contributed by atoms with Gasteiger partial charge in [-0.2, -0.15) is 0 Å². The second-order valence-corrected chi connectivity index (χ2v) is 6.30. The summed E-state index contributed by atoms with van der Waals surface area (Å²) in [6.45, 7) is 6.44. The highest BCUT2D eigenvalue weighted by Crippen LogP contribution is 2.32. The van der Waals surface area contributed by atoms with E-state index in [1.54, 1.807) is 4.90 Å². The van der Waals surface area contributed by atoms with Crippen molar-refractivity contribution in [3.05, 3.63) is 59.7 Å². The second kappa shape index (κ2) is 6.95. The lowest BCUT2D eigenvalue weighted by Crippen LogP contribution is -2.46. The first-order valence-corrected chi connectivity index (χ1v) is 8.41. The van der Waals surface area contributed by atoms with Gasteiger partial charge in [-0.15, -0.1) is 0 Å². The topological polar surface area (TPSA) is 32.8 Å². The summed E-state index contributed by atoms with van der Waals surface area (Å²) in [5, 5.41) is 0. The average molecular weight is 324 g/mol. The van der Waals surface area contributed by atoms with Crippen molar-refractivity contribution in [2.75, 3.05) is 31.6 Å². The van der Waals surface area contributed by atoms with Crippen molar-refractivity contribution in [2.24, 2.45) is 0 Å². The van der Waals surface area contributed by atoms with E-state index in [0.717, 1.165) is 30.1 Å². The lowest BCUT2D eigenvalue weighted by molar-refractivity contribution is 0.0709. The lowest BCUT2D eigenvalue weighted by atomic mass is 10.1. The van der Waals surface area contributed by atoms with Crippen molar-refractivity contribution in [3.63, 3.8) is 0 Å². The first kappa shape index (κ1) is 16.4. The third-order valence-corrected chi connectivity index (χ3v) is 4.43. The van der Waals surface area contributed by atoms with Crippen LogP contribution in [0.5, 0.6) is 5.75 Å². The van der Waals surface area contributed by atoms with Crippen LogP contribution in [0.25, 0.3) is 0 Å². The van der Waals surface area contributed by atoms with Crippen molar-refractivity contribution >= 4 is 11.6 Å². The molecule has 1 atom stereocenters. The number of ether oxygens (including phenoxy) is 1. The number of benzene rings is 2. The number of nitrogens with zero attached hydrogens (tertiary/aromatic N) is 2. The molecule has 1 aliphatic heterocycles. The van der Waals surface area contributed by atoms with E-state index in [1.165, 1.54) is 0 Å². The van der Waals surface area contributed by atoms with Gasteiger partial charge in [-0.3, -0.25) is 4.79 Å². The van der Waals surface area contributed by atoms with E-state index in [-0.39, 0.29) is 12.0 Å². The highest BCUT2D eigenvalue weighted by atomic mass is 16.5. The normalized spacial score (nSPS) is 16.3. The van der Waals surface area contributed by atoms with Gasteiger partial charge in [0.05, 0.1) is 18.8 Å². The maximum atomic E-state index is 12.6. The van der Waals surface area contributed by atoms with E-state index in [2.05, 4.69) is 17.9 Å². The number of aryl methyl sites for hydroxylation is 1. The van der Waals surface area contributed by atoms with Crippen molar-refractivity contribution in [1.29, 1.82) is 0 Å². The van der Waals surface area contributed by atoms with Crippen LogP contribution in [-0.4, -0.2) is 43.6 Å². The molecule has 4 heteroatoms. The zero-order chi connectivity index (χ0) is 17.1. The molecule has 0 N–H and O–H groups in total. The van der Waals surface area contributed by atoms with Gasteiger partial charge in [0, 0.05) is 19.2 Å². The Morgan fingerprint density at radius 1 is 1.21 bits per heavy atom. The molecule has 0 fully saturated rings. The summed E-state index contributed by atoms with van der Waals surface area (Å²) < 4.78 is 6.10. The number of hydrogen-bond donors (Lipinski definition) is 0. The van der Waals surface area contributed by atoms with Crippen LogP contribution in [0.3, 0.4) is 0 Å². The SMILES string of the molecule is CCN1C[C@H](CN(C)C(=O)c2ccc(C)cc2)Oc2ccccc21. The first-order chi connectivity index (χ1) is 11.6. The fourth-order valence-electron chi connectivity index (χ4n) is 3.08. The third-order valence-electron chi connectivity index (χ3n) is 4.43. The monoisotopic (exact) mass is 324 g/mol. The molecule has 1 aliphatic rings. The van der Waals surface area contributed by atoms with E-state index in [1.807, 2.05) is 56.4 Å². The van der Waals surface area contributed by atoms with Crippen LogP contribution < -0.4 is 9.64 Å². The predicted molar refractivity (Wildman–Crippen MR) is 96.9 cm³/mol. The van der Waals surface area contributed by atoms with Gasteiger partial charge in [0.15, 0.2) is 0 Å². The summed E-state index contributed by atoms with van der Waals surface area (Å²) in [4.78, 5) is 16.6. The molecule has 4 nitrogen and oxygen atoms in total. The van der Waals surface area contributed by atoms with Gasteiger partial charge in [-0.25, -0.2) is 0 Å². The van der Waals surface area contributed by atoms with Crippen LogP contribution >= 0.6 is 0 Å². The molecule has 2 aromatic carbocycles. The number of carbonyl (C=O) groups is 1. The van der Waals surface area contributed by atoms with Crippen molar-refractivity contribution < 1.29 is 9.53 Å². The molecule has 0 aromatic heterocycles. The number of para-hydroxylation sites is 2. The zero-order valence-electron chi connectivity index (χ0n) is 14.5. The van der Waals surface area contributed by atoms with Crippen LogP contribution in [0.2, 0.25) is 0 Å².